The molecule has 2 atom stereocenters. The van der Waals surface area contributed by atoms with Gasteiger partial charge in [-0.05, 0) is 56.0 Å². The molecule has 0 unspecified atom stereocenters. The lowest BCUT2D eigenvalue weighted by molar-refractivity contribution is -0.122. The van der Waals surface area contributed by atoms with Crippen molar-refractivity contribution in [1.29, 1.82) is 0 Å². The average molecular weight is 507 g/mol. The van der Waals surface area contributed by atoms with E-state index in [9.17, 15) is 9.59 Å². The van der Waals surface area contributed by atoms with Crippen molar-refractivity contribution in [1.82, 2.24) is 20.6 Å². The Labute approximate surface area is 216 Å². The van der Waals surface area contributed by atoms with E-state index in [1.165, 1.54) is 0 Å². The summed E-state index contributed by atoms with van der Waals surface area (Å²) in [6.45, 7) is 5.98. The first-order valence-electron chi connectivity index (χ1n) is 12.1. The van der Waals surface area contributed by atoms with Gasteiger partial charge in [0, 0.05) is 30.3 Å². The molecule has 0 radical (unpaired) electrons. The highest BCUT2D eigenvalue weighted by atomic mass is 35.5. The Hall–Kier alpha value is -3.58. The number of carbonyl (C=O) groups is 2. The summed E-state index contributed by atoms with van der Waals surface area (Å²) in [6, 6.07) is 11.9. The summed E-state index contributed by atoms with van der Waals surface area (Å²) in [5.41, 5.74) is 4.36. The Balaban J connectivity index is 1.46. The molecule has 4 rings (SSSR count). The summed E-state index contributed by atoms with van der Waals surface area (Å²) >= 11 is 6.28. The maximum absolute atomic E-state index is 12.9. The molecule has 0 saturated heterocycles. The number of nitrogens with one attached hydrogen (secondary N) is 3. The minimum Gasteiger partial charge on any atom is -0.489 e. The number of imidazole rings is 1. The van der Waals surface area contributed by atoms with Gasteiger partial charge in [0.2, 0.25) is 5.91 Å². The first-order chi connectivity index (χ1) is 17.2. The highest BCUT2D eigenvalue weighted by Gasteiger charge is 2.22. The Kier molecular flexibility index (Phi) is 7.79. The number of nitrogens with zero attached hydrogens (tertiary/aromatic N) is 1. The minimum absolute atomic E-state index is 0.0371. The molecule has 188 valence electrons. The highest BCUT2D eigenvalue weighted by Crippen LogP contribution is 2.27. The van der Waals surface area contributed by atoms with Crippen LogP contribution in [-0.2, 0) is 17.6 Å². The van der Waals surface area contributed by atoms with Crippen LogP contribution in [0, 0.1) is 5.92 Å². The van der Waals surface area contributed by atoms with Gasteiger partial charge in [0.05, 0.1) is 16.8 Å². The van der Waals surface area contributed by atoms with Crippen LogP contribution in [0.15, 0.2) is 48.5 Å². The number of benzene rings is 2. The second kappa shape index (κ2) is 11.0. The van der Waals surface area contributed by atoms with Gasteiger partial charge in [-0.15, -0.1) is 0 Å². The van der Waals surface area contributed by atoms with Gasteiger partial charge in [-0.25, -0.2) is 4.98 Å². The van der Waals surface area contributed by atoms with Crippen molar-refractivity contribution in [2.24, 2.45) is 5.92 Å². The number of ether oxygens (including phenoxy) is 1. The molecule has 3 aromatic rings. The average Bonchev–Trinajstić information content (AvgIpc) is 3.27. The summed E-state index contributed by atoms with van der Waals surface area (Å²) in [5, 5.41) is 5.80. The van der Waals surface area contributed by atoms with Gasteiger partial charge in [0.15, 0.2) is 0 Å². The SMILES string of the molecule is CNC(=O)[C@H](Cc1ccc(-c2nc3c([nH]2)C[C@@H](C)C=C3)cc1)NC(=O)c1ccc(OC(C)C)c(Cl)c1. The van der Waals surface area contributed by atoms with Crippen LogP contribution in [0.5, 0.6) is 5.75 Å². The number of allylic oxidation sites excluding steroid dienone is 1. The second-order valence-electron chi connectivity index (χ2n) is 9.34. The van der Waals surface area contributed by atoms with Gasteiger partial charge >= 0.3 is 0 Å². The first-order valence-corrected chi connectivity index (χ1v) is 12.5. The van der Waals surface area contributed by atoms with E-state index in [1.54, 1.807) is 25.2 Å². The van der Waals surface area contributed by atoms with Gasteiger partial charge in [0.25, 0.3) is 5.91 Å². The molecule has 1 aliphatic carbocycles. The van der Waals surface area contributed by atoms with Crippen LogP contribution in [0.4, 0.5) is 0 Å². The Morgan fingerprint density at radius 3 is 2.61 bits per heavy atom. The third-order valence-corrected chi connectivity index (χ3v) is 6.31. The fourth-order valence-corrected chi connectivity index (χ4v) is 4.37. The Morgan fingerprint density at radius 1 is 1.19 bits per heavy atom. The standard InChI is InChI=1S/C28H31ClN4O3/c1-16(2)36-25-12-10-20(15-21(25)29)27(34)33-24(28(35)30-4)14-18-6-8-19(9-7-18)26-31-22-11-5-17(3)13-23(22)32-26/h5-12,15-17,24H,13-14H2,1-4H3,(H,30,35)(H,31,32)(H,33,34)/t17-,24-/m0/s1. The molecule has 0 spiro atoms. The third kappa shape index (κ3) is 5.97. The van der Waals surface area contributed by atoms with Crippen molar-refractivity contribution in [3.05, 3.63) is 76.1 Å². The van der Waals surface area contributed by atoms with Crippen LogP contribution in [-0.4, -0.2) is 41.0 Å². The molecule has 1 aliphatic rings. The molecule has 2 amide bonds. The fourth-order valence-electron chi connectivity index (χ4n) is 4.15. The molecule has 0 fully saturated rings. The van der Waals surface area contributed by atoms with Crippen LogP contribution >= 0.6 is 11.6 Å². The first kappa shape index (κ1) is 25.5. The number of aromatic amines is 1. The maximum Gasteiger partial charge on any atom is 0.251 e. The summed E-state index contributed by atoms with van der Waals surface area (Å²) in [6.07, 6.45) is 5.48. The molecule has 1 heterocycles. The van der Waals surface area contributed by atoms with Crippen LogP contribution in [0.3, 0.4) is 0 Å². The van der Waals surface area contributed by atoms with E-state index in [0.29, 0.717) is 28.7 Å². The van der Waals surface area contributed by atoms with Gasteiger partial charge < -0.3 is 20.4 Å². The largest absolute Gasteiger partial charge is 0.489 e. The van der Waals surface area contributed by atoms with E-state index in [2.05, 4.69) is 34.7 Å². The summed E-state index contributed by atoms with van der Waals surface area (Å²) in [7, 11) is 1.55. The van der Waals surface area contributed by atoms with Gasteiger partial charge in [-0.3, -0.25) is 9.59 Å². The van der Waals surface area contributed by atoms with E-state index in [-0.39, 0.29) is 17.9 Å². The number of fused-ring (bicyclic) bond motifs is 1. The van der Waals surface area contributed by atoms with Crippen LogP contribution in [0.2, 0.25) is 5.02 Å². The molecule has 36 heavy (non-hydrogen) atoms. The zero-order chi connectivity index (χ0) is 25.8. The molecular formula is C28H31ClN4O3. The van der Waals surface area contributed by atoms with Gasteiger partial charge in [0.1, 0.15) is 17.6 Å². The van der Waals surface area contributed by atoms with Gasteiger partial charge in [-0.2, -0.15) is 0 Å². The van der Waals surface area contributed by atoms with E-state index in [1.807, 2.05) is 38.1 Å². The van der Waals surface area contributed by atoms with Crippen LogP contribution < -0.4 is 15.4 Å². The second-order valence-corrected chi connectivity index (χ2v) is 9.75. The molecule has 8 heteroatoms. The number of amides is 2. The smallest absolute Gasteiger partial charge is 0.251 e. The van der Waals surface area contributed by atoms with E-state index in [4.69, 9.17) is 21.3 Å². The number of likely N-dealkylation sites (N-methyl/N-ethyl adjacent to an activating group) is 1. The number of hydrogen-bond donors (Lipinski definition) is 3. The van der Waals surface area contributed by atoms with Crippen molar-refractivity contribution in [2.45, 2.75) is 45.8 Å². The number of hydrogen-bond acceptors (Lipinski definition) is 4. The zero-order valence-electron chi connectivity index (χ0n) is 20.9. The lowest BCUT2D eigenvalue weighted by atomic mass is 9.99. The van der Waals surface area contributed by atoms with E-state index in [0.717, 1.165) is 34.8 Å². The lowest BCUT2D eigenvalue weighted by Crippen LogP contribution is -2.47. The highest BCUT2D eigenvalue weighted by molar-refractivity contribution is 6.32. The van der Waals surface area contributed by atoms with Crippen LogP contribution in [0.1, 0.15) is 48.1 Å². The Morgan fingerprint density at radius 2 is 1.94 bits per heavy atom. The Bertz CT molecular complexity index is 1280. The molecule has 3 N–H and O–H groups in total. The van der Waals surface area contributed by atoms with E-state index >= 15 is 0 Å². The van der Waals surface area contributed by atoms with Gasteiger partial charge in [-0.1, -0.05) is 48.9 Å². The summed E-state index contributed by atoms with van der Waals surface area (Å²) in [4.78, 5) is 33.6. The normalized spacial score (nSPS) is 15.3. The fraction of sp³-hybridized carbons (Fsp3) is 0.321. The number of carbonyl (C=O) groups excluding carboxylic acids is 2. The van der Waals surface area contributed by atoms with Crippen molar-refractivity contribution >= 4 is 29.5 Å². The topological polar surface area (TPSA) is 96.1 Å². The van der Waals surface area contributed by atoms with Crippen molar-refractivity contribution in [2.75, 3.05) is 7.05 Å². The number of aromatic nitrogens is 2. The molecule has 2 aromatic carbocycles. The molecule has 0 aliphatic heterocycles. The lowest BCUT2D eigenvalue weighted by Gasteiger charge is -2.18. The predicted octanol–water partition coefficient (Wildman–Crippen LogP) is 4.81. The zero-order valence-corrected chi connectivity index (χ0v) is 21.6. The minimum atomic E-state index is -0.749. The molecule has 1 aromatic heterocycles. The predicted molar refractivity (Wildman–Crippen MR) is 142 cm³/mol. The number of rotatable bonds is 8. The molecule has 0 bridgehead atoms. The van der Waals surface area contributed by atoms with E-state index < -0.39 is 6.04 Å². The molecule has 0 saturated carbocycles. The van der Waals surface area contributed by atoms with Crippen LogP contribution in [0.25, 0.3) is 17.5 Å². The monoisotopic (exact) mass is 506 g/mol. The van der Waals surface area contributed by atoms with Crippen molar-refractivity contribution in [3.8, 4) is 17.1 Å². The number of halogens is 1. The molecular weight excluding hydrogens is 476 g/mol. The van der Waals surface area contributed by atoms with Crippen molar-refractivity contribution in [3.63, 3.8) is 0 Å². The maximum atomic E-state index is 12.9. The molecule has 7 nitrogen and oxygen atoms in total. The van der Waals surface area contributed by atoms with Crippen molar-refractivity contribution < 1.29 is 14.3 Å². The summed E-state index contributed by atoms with van der Waals surface area (Å²) < 4.78 is 5.63. The number of H-pyrrole nitrogens is 1. The quantitative estimate of drug-likeness (QED) is 0.408. The third-order valence-electron chi connectivity index (χ3n) is 6.01. The summed E-state index contributed by atoms with van der Waals surface area (Å²) in [5.74, 6) is 1.16.